The lowest BCUT2D eigenvalue weighted by atomic mass is 10.2. The summed E-state index contributed by atoms with van der Waals surface area (Å²) in [5, 5.41) is 10.4. The summed E-state index contributed by atoms with van der Waals surface area (Å²) in [5.74, 6) is -0.0369. The molecule has 9 heteroatoms. The smallest absolute Gasteiger partial charge is 0.265 e. The van der Waals surface area contributed by atoms with Crippen molar-refractivity contribution in [3.8, 4) is 5.75 Å². The Hall–Kier alpha value is -2.50. The van der Waals surface area contributed by atoms with E-state index >= 15 is 0 Å². The summed E-state index contributed by atoms with van der Waals surface area (Å²) >= 11 is 8.69. The molecule has 3 aromatic rings. The molecule has 0 saturated heterocycles. The molecule has 0 saturated carbocycles. The maximum atomic E-state index is 12.4. The lowest BCUT2D eigenvalue weighted by Gasteiger charge is -2.14. The Bertz CT molecular complexity index is 1050. The summed E-state index contributed by atoms with van der Waals surface area (Å²) in [5.41, 5.74) is 1.69. The Labute approximate surface area is 190 Å². The van der Waals surface area contributed by atoms with Gasteiger partial charge in [0.2, 0.25) is 0 Å². The zero-order valence-electron chi connectivity index (χ0n) is 15.2. The third kappa shape index (κ3) is 5.52. The summed E-state index contributed by atoms with van der Waals surface area (Å²) in [6, 6.07) is 15.9. The average molecular weight is 537 g/mol. The number of amides is 2. The molecule has 2 aromatic carbocycles. The second kappa shape index (κ2) is 9.81. The van der Waals surface area contributed by atoms with Crippen molar-refractivity contribution in [3.05, 3.63) is 74.0 Å². The molecule has 0 unspecified atom stereocenters. The molecule has 0 bridgehead atoms. The second-order valence-electron chi connectivity index (χ2n) is 5.73. The molecule has 3 N–H and O–H groups in total. The van der Waals surface area contributed by atoms with Gasteiger partial charge in [0.15, 0.2) is 5.11 Å². The fraction of sp³-hybridized carbons (Fsp3) is 0.0500. The van der Waals surface area contributed by atoms with Gasteiger partial charge in [-0.1, -0.05) is 18.2 Å². The highest BCUT2D eigenvalue weighted by molar-refractivity contribution is 14.1. The Morgan fingerprint density at radius 2 is 1.83 bits per heavy atom. The SMILES string of the molecule is COc1cc(NC(=S)NC(=O)c2ccccc2I)ccc1NC(=O)c1cccs1. The number of methoxy groups -OCH3 is 1. The third-order valence-electron chi connectivity index (χ3n) is 3.80. The van der Waals surface area contributed by atoms with Gasteiger partial charge in [-0.05, 0) is 70.5 Å². The largest absolute Gasteiger partial charge is 0.494 e. The number of benzene rings is 2. The molecule has 1 aromatic heterocycles. The van der Waals surface area contributed by atoms with Crippen molar-refractivity contribution in [2.75, 3.05) is 17.7 Å². The first-order valence-corrected chi connectivity index (χ1v) is 10.7. The zero-order chi connectivity index (χ0) is 20.8. The molecule has 6 nitrogen and oxygen atoms in total. The lowest BCUT2D eigenvalue weighted by molar-refractivity contribution is 0.0975. The van der Waals surface area contributed by atoms with Crippen molar-refractivity contribution in [2.45, 2.75) is 0 Å². The molecular formula is C20H16IN3O3S2. The molecule has 0 atom stereocenters. The van der Waals surface area contributed by atoms with Gasteiger partial charge in [-0.15, -0.1) is 11.3 Å². The summed E-state index contributed by atoms with van der Waals surface area (Å²) in [4.78, 5) is 25.2. The standard InChI is InChI=1S/C20H16IN3O3S2/c1-27-16-11-12(8-9-15(16)23-19(26)17-7-4-10-29-17)22-20(28)24-18(25)13-5-2-3-6-14(13)21/h2-11H,1H3,(H,23,26)(H2,22,24,25,28). The number of nitrogens with one attached hydrogen (secondary N) is 3. The van der Waals surface area contributed by atoms with E-state index in [1.165, 1.54) is 18.4 Å². The van der Waals surface area contributed by atoms with Crippen LogP contribution in [0, 0.1) is 3.57 Å². The predicted octanol–water partition coefficient (Wildman–Crippen LogP) is 4.74. The number of carbonyl (C=O) groups is 2. The van der Waals surface area contributed by atoms with E-state index in [-0.39, 0.29) is 16.9 Å². The van der Waals surface area contributed by atoms with Crippen LogP contribution in [0.1, 0.15) is 20.0 Å². The van der Waals surface area contributed by atoms with Gasteiger partial charge >= 0.3 is 0 Å². The van der Waals surface area contributed by atoms with Crippen molar-refractivity contribution in [1.29, 1.82) is 0 Å². The van der Waals surface area contributed by atoms with E-state index in [1.807, 2.05) is 23.6 Å². The van der Waals surface area contributed by atoms with Gasteiger partial charge in [0.25, 0.3) is 11.8 Å². The highest BCUT2D eigenvalue weighted by Crippen LogP contribution is 2.28. The number of carbonyl (C=O) groups excluding carboxylic acids is 2. The number of thiocarbonyl (C=S) groups is 1. The average Bonchev–Trinajstić information content (AvgIpc) is 3.24. The Morgan fingerprint density at radius 3 is 2.52 bits per heavy atom. The summed E-state index contributed by atoms with van der Waals surface area (Å²) in [6.45, 7) is 0. The van der Waals surface area contributed by atoms with Crippen LogP contribution in [0.5, 0.6) is 5.75 Å². The van der Waals surface area contributed by atoms with Crippen molar-refractivity contribution < 1.29 is 14.3 Å². The maximum absolute atomic E-state index is 12.4. The van der Waals surface area contributed by atoms with Gasteiger partial charge < -0.3 is 15.4 Å². The number of rotatable bonds is 5. The number of ether oxygens (including phenoxy) is 1. The lowest BCUT2D eigenvalue weighted by Crippen LogP contribution is -2.34. The monoisotopic (exact) mass is 537 g/mol. The van der Waals surface area contributed by atoms with Crippen LogP contribution in [0.2, 0.25) is 0 Å². The molecule has 148 valence electrons. The topological polar surface area (TPSA) is 79.5 Å². The third-order valence-corrected chi connectivity index (χ3v) is 5.81. The van der Waals surface area contributed by atoms with Crippen molar-refractivity contribution in [2.24, 2.45) is 0 Å². The molecule has 3 rings (SSSR count). The van der Waals surface area contributed by atoms with Crippen molar-refractivity contribution >= 4 is 74.4 Å². The molecule has 0 aliphatic carbocycles. The highest BCUT2D eigenvalue weighted by Gasteiger charge is 2.13. The summed E-state index contributed by atoms with van der Waals surface area (Å²) in [7, 11) is 1.51. The highest BCUT2D eigenvalue weighted by atomic mass is 127. The minimum absolute atomic E-state index is 0.159. The van der Waals surface area contributed by atoms with Gasteiger partial charge in [0.05, 0.1) is 23.2 Å². The zero-order valence-corrected chi connectivity index (χ0v) is 19.0. The predicted molar refractivity (Wildman–Crippen MR) is 128 cm³/mol. The van der Waals surface area contributed by atoms with E-state index in [2.05, 4.69) is 38.5 Å². The first kappa shape index (κ1) is 21.2. The maximum Gasteiger partial charge on any atom is 0.265 e. The van der Waals surface area contributed by atoms with Crippen LogP contribution in [-0.2, 0) is 0 Å². The first-order chi connectivity index (χ1) is 14.0. The molecular weight excluding hydrogens is 521 g/mol. The fourth-order valence-corrected chi connectivity index (χ4v) is 3.90. The van der Waals surface area contributed by atoms with Crippen LogP contribution in [0.25, 0.3) is 0 Å². The molecule has 0 spiro atoms. The van der Waals surface area contributed by atoms with Gasteiger partial charge in [-0.2, -0.15) is 0 Å². The van der Waals surface area contributed by atoms with E-state index in [1.54, 1.807) is 36.4 Å². The second-order valence-corrected chi connectivity index (χ2v) is 8.25. The van der Waals surface area contributed by atoms with Crippen LogP contribution in [0.3, 0.4) is 0 Å². The van der Waals surface area contributed by atoms with Crippen LogP contribution < -0.4 is 20.7 Å². The number of anilines is 2. The van der Waals surface area contributed by atoms with Crippen molar-refractivity contribution in [1.82, 2.24) is 5.32 Å². The number of hydrogen-bond donors (Lipinski definition) is 3. The number of halogens is 1. The molecule has 0 radical (unpaired) electrons. The van der Waals surface area contributed by atoms with Crippen LogP contribution >= 0.6 is 46.1 Å². The van der Waals surface area contributed by atoms with Gasteiger partial charge in [0.1, 0.15) is 5.75 Å². The van der Waals surface area contributed by atoms with Crippen molar-refractivity contribution in [3.63, 3.8) is 0 Å². The first-order valence-electron chi connectivity index (χ1n) is 8.37. The van der Waals surface area contributed by atoms with E-state index in [4.69, 9.17) is 17.0 Å². The molecule has 29 heavy (non-hydrogen) atoms. The molecule has 2 amide bonds. The van der Waals surface area contributed by atoms with Crippen LogP contribution in [0.4, 0.5) is 11.4 Å². The quantitative estimate of drug-likeness (QED) is 0.324. The molecule has 0 fully saturated rings. The van der Waals surface area contributed by atoms with E-state index in [0.717, 1.165) is 3.57 Å². The summed E-state index contributed by atoms with van der Waals surface area (Å²) in [6.07, 6.45) is 0. The van der Waals surface area contributed by atoms with E-state index < -0.39 is 0 Å². The van der Waals surface area contributed by atoms with E-state index in [0.29, 0.717) is 27.6 Å². The van der Waals surface area contributed by atoms with E-state index in [9.17, 15) is 9.59 Å². The normalized spacial score (nSPS) is 10.1. The summed E-state index contributed by atoms with van der Waals surface area (Å²) < 4.78 is 6.20. The van der Waals surface area contributed by atoms with Crippen LogP contribution in [-0.4, -0.2) is 24.0 Å². The van der Waals surface area contributed by atoms with Gasteiger partial charge in [-0.3, -0.25) is 14.9 Å². The molecule has 0 aliphatic heterocycles. The minimum Gasteiger partial charge on any atom is -0.494 e. The Kier molecular flexibility index (Phi) is 7.18. The van der Waals surface area contributed by atoms with Gasteiger partial charge in [0, 0.05) is 15.3 Å². The Morgan fingerprint density at radius 1 is 1.03 bits per heavy atom. The number of hydrogen-bond acceptors (Lipinski definition) is 5. The van der Waals surface area contributed by atoms with Crippen LogP contribution in [0.15, 0.2) is 60.0 Å². The molecule has 1 heterocycles. The Balaban J connectivity index is 1.66. The number of thiophene rings is 1. The minimum atomic E-state index is -0.292. The van der Waals surface area contributed by atoms with Gasteiger partial charge in [-0.25, -0.2) is 0 Å². The molecule has 0 aliphatic rings. The fourth-order valence-electron chi connectivity index (χ4n) is 2.44.